The van der Waals surface area contributed by atoms with Crippen LogP contribution in [0.15, 0.2) is 30.3 Å². The van der Waals surface area contributed by atoms with E-state index in [1.54, 1.807) is 0 Å². The molecule has 0 aliphatic carbocycles. The maximum atomic E-state index is 12.5. The number of amides is 1. The molecular weight excluding hydrogens is 266 g/mol. The number of fused-ring (bicyclic) bond motifs is 1. The van der Waals surface area contributed by atoms with Gasteiger partial charge in [0.15, 0.2) is 0 Å². The molecule has 2 aromatic rings. The van der Waals surface area contributed by atoms with Crippen LogP contribution in [0.1, 0.15) is 18.5 Å². The van der Waals surface area contributed by atoms with Crippen LogP contribution < -0.4 is 11.1 Å². The first-order valence-electron chi connectivity index (χ1n) is 7.13. The number of anilines is 1. The number of nitrogens with two attached hydrogens (primary N) is 1. The molecule has 0 radical (unpaired) electrons. The number of nitrogens with one attached hydrogen (secondary N) is 1. The second-order valence-corrected chi connectivity index (χ2v) is 5.55. The van der Waals surface area contributed by atoms with Gasteiger partial charge in [0.25, 0.3) is 0 Å². The second-order valence-electron chi connectivity index (χ2n) is 5.55. The molecule has 2 heterocycles. The number of para-hydroxylation sites is 1. The Morgan fingerprint density at radius 1 is 1.33 bits per heavy atom. The molecule has 21 heavy (non-hydrogen) atoms. The Bertz CT molecular complexity index is 678. The lowest BCUT2D eigenvalue weighted by Gasteiger charge is -2.31. The van der Waals surface area contributed by atoms with E-state index in [1.165, 1.54) is 0 Å². The van der Waals surface area contributed by atoms with Gasteiger partial charge in [0.2, 0.25) is 5.91 Å². The average molecular weight is 285 g/mol. The number of hydrogen-bond donors (Lipinski definition) is 2. The molecule has 0 bridgehead atoms. The highest BCUT2D eigenvalue weighted by Gasteiger charge is 2.36. The zero-order chi connectivity index (χ0) is 14.9. The fraction of sp³-hybridized carbons (Fsp3) is 0.375. The summed E-state index contributed by atoms with van der Waals surface area (Å²) in [6, 6.07) is 9.63. The highest BCUT2D eigenvalue weighted by atomic mass is 16.5. The van der Waals surface area contributed by atoms with Crippen LogP contribution in [-0.2, 0) is 9.53 Å². The van der Waals surface area contributed by atoms with E-state index in [0.717, 1.165) is 22.3 Å². The molecule has 0 unspecified atom stereocenters. The lowest BCUT2D eigenvalue weighted by atomic mass is 9.90. The van der Waals surface area contributed by atoms with E-state index in [1.807, 2.05) is 37.3 Å². The molecule has 0 saturated carbocycles. The van der Waals surface area contributed by atoms with Crippen molar-refractivity contribution in [2.75, 3.05) is 18.5 Å². The van der Waals surface area contributed by atoms with Crippen molar-refractivity contribution in [3.63, 3.8) is 0 Å². The minimum Gasteiger partial charge on any atom is -0.381 e. The maximum absolute atomic E-state index is 12.5. The summed E-state index contributed by atoms with van der Waals surface area (Å²) in [5.41, 5.74) is 7.87. The predicted octanol–water partition coefficient (Wildman–Crippen LogP) is 1.99. The molecule has 1 fully saturated rings. The maximum Gasteiger partial charge on any atom is 0.244 e. The Kier molecular flexibility index (Phi) is 3.61. The molecule has 1 aliphatic rings. The molecule has 1 saturated heterocycles. The largest absolute Gasteiger partial charge is 0.381 e. The number of pyridine rings is 1. The third kappa shape index (κ3) is 2.75. The van der Waals surface area contributed by atoms with Crippen LogP contribution in [0.4, 0.5) is 5.69 Å². The monoisotopic (exact) mass is 285 g/mol. The molecule has 110 valence electrons. The van der Waals surface area contributed by atoms with Crippen molar-refractivity contribution in [1.82, 2.24) is 4.98 Å². The molecule has 3 N–H and O–H groups in total. The molecule has 1 amide bonds. The van der Waals surface area contributed by atoms with Crippen molar-refractivity contribution in [2.45, 2.75) is 25.3 Å². The number of aromatic nitrogens is 1. The number of carbonyl (C=O) groups excluding carboxylic acids is 1. The van der Waals surface area contributed by atoms with Gasteiger partial charge in [-0.3, -0.25) is 9.78 Å². The summed E-state index contributed by atoms with van der Waals surface area (Å²) >= 11 is 0. The minimum atomic E-state index is -0.851. The Labute approximate surface area is 123 Å². The Morgan fingerprint density at radius 3 is 2.81 bits per heavy atom. The van der Waals surface area contributed by atoms with E-state index in [-0.39, 0.29) is 5.91 Å². The van der Waals surface area contributed by atoms with Gasteiger partial charge in [-0.05, 0) is 31.9 Å². The molecule has 3 rings (SSSR count). The molecule has 0 atom stereocenters. The molecule has 5 heteroatoms. The first kappa shape index (κ1) is 14.0. The minimum absolute atomic E-state index is 0.151. The third-order valence-corrected chi connectivity index (χ3v) is 3.93. The van der Waals surface area contributed by atoms with Gasteiger partial charge < -0.3 is 15.8 Å². The number of ether oxygens (including phenoxy) is 1. The van der Waals surface area contributed by atoms with E-state index >= 15 is 0 Å². The van der Waals surface area contributed by atoms with Crippen molar-refractivity contribution in [1.29, 1.82) is 0 Å². The molecule has 0 spiro atoms. The number of aryl methyl sites for hydroxylation is 1. The summed E-state index contributed by atoms with van der Waals surface area (Å²) in [7, 11) is 0. The van der Waals surface area contributed by atoms with Gasteiger partial charge in [0.1, 0.15) is 5.54 Å². The fourth-order valence-corrected chi connectivity index (χ4v) is 2.62. The topological polar surface area (TPSA) is 77.2 Å². The van der Waals surface area contributed by atoms with E-state index in [4.69, 9.17) is 10.5 Å². The number of hydrogen-bond acceptors (Lipinski definition) is 4. The first-order chi connectivity index (χ1) is 10.1. The highest BCUT2D eigenvalue weighted by Crippen LogP contribution is 2.25. The van der Waals surface area contributed by atoms with Gasteiger partial charge >= 0.3 is 0 Å². The normalized spacial score (nSPS) is 17.6. The quantitative estimate of drug-likeness (QED) is 0.884. The van der Waals surface area contributed by atoms with Crippen molar-refractivity contribution >= 4 is 22.5 Å². The SMILES string of the molecule is Cc1cc(NC(=O)C2(N)CCOCC2)c2ccccc2n1. The smallest absolute Gasteiger partial charge is 0.244 e. The van der Waals surface area contributed by atoms with Gasteiger partial charge in [-0.1, -0.05) is 18.2 Å². The van der Waals surface area contributed by atoms with Crippen LogP contribution in [0.25, 0.3) is 10.9 Å². The van der Waals surface area contributed by atoms with E-state index in [9.17, 15) is 4.79 Å². The molecule has 1 aliphatic heterocycles. The number of benzene rings is 1. The van der Waals surface area contributed by atoms with Crippen molar-refractivity contribution in [2.24, 2.45) is 5.73 Å². The Morgan fingerprint density at radius 2 is 2.05 bits per heavy atom. The zero-order valence-corrected chi connectivity index (χ0v) is 12.1. The van der Waals surface area contributed by atoms with Gasteiger partial charge in [0.05, 0.1) is 11.2 Å². The average Bonchev–Trinajstić information content (AvgIpc) is 2.47. The zero-order valence-electron chi connectivity index (χ0n) is 12.1. The Balaban J connectivity index is 1.92. The number of rotatable bonds is 2. The lowest BCUT2D eigenvalue weighted by molar-refractivity contribution is -0.124. The summed E-state index contributed by atoms with van der Waals surface area (Å²) in [4.78, 5) is 17.0. The van der Waals surface area contributed by atoms with Crippen LogP contribution in [0, 0.1) is 6.92 Å². The Hall–Kier alpha value is -1.98. The fourth-order valence-electron chi connectivity index (χ4n) is 2.62. The molecule has 5 nitrogen and oxygen atoms in total. The number of nitrogens with zero attached hydrogens (tertiary/aromatic N) is 1. The van der Waals surface area contributed by atoms with Crippen LogP contribution in [0.5, 0.6) is 0 Å². The first-order valence-corrected chi connectivity index (χ1v) is 7.13. The lowest BCUT2D eigenvalue weighted by Crippen LogP contribution is -2.54. The number of carbonyl (C=O) groups is 1. The molecular formula is C16H19N3O2. The summed E-state index contributed by atoms with van der Waals surface area (Å²) in [5.74, 6) is -0.151. The van der Waals surface area contributed by atoms with Crippen LogP contribution >= 0.6 is 0 Å². The summed E-state index contributed by atoms with van der Waals surface area (Å²) in [6.45, 7) is 2.97. The van der Waals surface area contributed by atoms with Crippen molar-refractivity contribution in [3.05, 3.63) is 36.0 Å². The van der Waals surface area contributed by atoms with Crippen LogP contribution in [0.2, 0.25) is 0 Å². The standard InChI is InChI=1S/C16H19N3O2/c1-11-10-14(12-4-2-3-5-13(12)18-11)19-15(20)16(17)6-8-21-9-7-16/h2-5,10H,6-9,17H2,1H3,(H,18,19,20). The second kappa shape index (κ2) is 5.42. The highest BCUT2D eigenvalue weighted by molar-refractivity contribution is 6.04. The van der Waals surface area contributed by atoms with Gasteiger partial charge in [-0.15, -0.1) is 0 Å². The summed E-state index contributed by atoms with van der Waals surface area (Å²) in [5, 5.41) is 3.90. The predicted molar refractivity (Wildman–Crippen MR) is 82.1 cm³/mol. The van der Waals surface area contributed by atoms with E-state index < -0.39 is 5.54 Å². The van der Waals surface area contributed by atoms with Gasteiger partial charge in [0, 0.05) is 24.3 Å². The van der Waals surface area contributed by atoms with Crippen molar-refractivity contribution in [3.8, 4) is 0 Å². The van der Waals surface area contributed by atoms with Gasteiger partial charge in [-0.2, -0.15) is 0 Å². The van der Waals surface area contributed by atoms with Crippen molar-refractivity contribution < 1.29 is 9.53 Å². The molecule has 1 aromatic carbocycles. The molecule has 1 aromatic heterocycles. The van der Waals surface area contributed by atoms with Crippen LogP contribution in [-0.4, -0.2) is 29.6 Å². The van der Waals surface area contributed by atoms with Gasteiger partial charge in [-0.25, -0.2) is 0 Å². The van der Waals surface area contributed by atoms with E-state index in [2.05, 4.69) is 10.3 Å². The summed E-state index contributed by atoms with van der Waals surface area (Å²) in [6.07, 6.45) is 1.08. The summed E-state index contributed by atoms with van der Waals surface area (Å²) < 4.78 is 5.28. The van der Waals surface area contributed by atoms with E-state index in [0.29, 0.717) is 26.1 Å². The third-order valence-electron chi connectivity index (χ3n) is 3.93. The van der Waals surface area contributed by atoms with Crippen LogP contribution in [0.3, 0.4) is 0 Å².